The fraction of sp³-hybridized carbons (Fsp3) is 0.545. The SMILES string of the molecule is C=CC(=O)N1[C@H](C)CN(c2cc(O[C@@H](C)[C@@H]3CCCN3C)nc(-c3cc([C@@]4(C)CCCc5sc(N)c(C#N)c54)sn3)n2)C[C@@H]1C. The quantitative estimate of drug-likeness (QED) is 0.344. The Hall–Kier alpha value is -3.53. The second-order valence-corrected chi connectivity index (χ2v) is 14.9. The Morgan fingerprint density at radius 3 is 2.69 bits per heavy atom. The number of nitrogens with two attached hydrogens (primary N) is 1. The number of likely N-dealkylation sites (tertiary alicyclic amines) is 1. The van der Waals surface area contributed by atoms with Gasteiger partial charge in [-0.05, 0) is 95.7 Å². The van der Waals surface area contributed by atoms with Crippen LogP contribution in [0, 0.1) is 11.3 Å². The molecule has 1 aliphatic carbocycles. The standard InChI is InChI=1S/C33H42N8O2S2/c1-7-29(42)41-19(2)17-40(18-20(41)3)27-15-28(43-21(4)24-10-9-13-39(24)6)37-32(36-27)23-14-26(45-38-23)33(5)12-8-11-25-30(33)22(16-34)31(35)44-25/h7,14-15,19-21,24H,1,8-13,17-18,35H2,2-6H3/t19-,20+,21-,24-,33+/m0/s1. The van der Waals surface area contributed by atoms with E-state index < -0.39 is 0 Å². The van der Waals surface area contributed by atoms with E-state index in [9.17, 15) is 10.1 Å². The maximum absolute atomic E-state index is 12.6. The average molecular weight is 647 g/mol. The van der Waals surface area contributed by atoms with Crippen LogP contribution in [-0.4, -0.2) is 81.0 Å². The molecule has 2 fully saturated rings. The third-order valence-electron chi connectivity index (χ3n) is 9.82. The van der Waals surface area contributed by atoms with Gasteiger partial charge in [0.25, 0.3) is 0 Å². The van der Waals surface area contributed by atoms with Crippen LogP contribution in [0.3, 0.4) is 0 Å². The molecule has 0 radical (unpaired) electrons. The Bertz CT molecular complexity index is 1630. The normalized spacial score (nSPS) is 25.9. The van der Waals surface area contributed by atoms with Crippen molar-refractivity contribution in [2.45, 2.75) is 89.4 Å². The molecule has 45 heavy (non-hydrogen) atoms. The molecule has 3 aliphatic rings. The summed E-state index contributed by atoms with van der Waals surface area (Å²) < 4.78 is 11.4. The maximum Gasteiger partial charge on any atom is 0.246 e. The minimum atomic E-state index is -0.361. The van der Waals surface area contributed by atoms with Gasteiger partial charge in [-0.1, -0.05) is 13.5 Å². The number of nitrogen functional groups attached to an aromatic ring is 1. The van der Waals surface area contributed by atoms with E-state index in [-0.39, 0.29) is 29.5 Å². The lowest BCUT2D eigenvalue weighted by Gasteiger charge is -2.44. The Labute approximate surface area is 273 Å². The summed E-state index contributed by atoms with van der Waals surface area (Å²) in [5.41, 5.74) is 8.27. The number of likely N-dealkylation sites (N-methyl/N-ethyl adjacent to an activating group) is 1. The highest BCUT2D eigenvalue weighted by Gasteiger charge is 2.40. The van der Waals surface area contributed by atoms with Crippen molar-refractivity contribution >= 4 is 39.6 Å². The van der Waals surface area contributed by atoms with Gasteiger partial charge in [-0.15, -0.1) is 11.3 Å². The van der Waals surface area contributed by atoms with E-state index in [1.807, 2.05) is 11.0 Å². The Morgan fingerprint density at radius 1 is 1.27 bits per heavy atom. The molecular weight excluding hydrogens is 605 g/mol. The van der Waals surface area contributed by atoms with Crippen LogP contribution in [-0.2, 0) is 16.6 Å². The number of amides is 1. The smallest absolute Gasteiger partial charge is 0.246 e. The van der Waals surface area contributed by atoms with Crippen molar-refractivity contribution in [3.8, 4) is 23.5 Å². The first-order chi connectivity index (χ1) is 21.5. The lowest BCUT2D eigenvalue weighted by Crippen LogP contribution is -2.58. The van der Waals surface area contributed by atoms with Gasteiger partial charge in [0, 0.05) is 52.5 Å². The number of carbonyl (C=O) groups is 1. The van der Waals surface area contributed by atoms with E-state index >= 15 is 0 Å². The molecular formula is C33H42N8O2S2. The summed E-state index contributed by atoms with van der Waals surface area (Å²) in [5, 5.41) is 10.6. The largest absolute Gasteiger partial charge is 0.473 e. The number of ether oxygens (including phenoxy) is 1. The molecule has 0 aromatic carbocycles. The first kappa shape index (κ1) is 31.5. The van der Waals surface area contributed by atoms with Crippen LogP contribution in [0.15, 0.2) is 24.8 Å². The van der Waals surface area contributed by atoms with Crippen LogP contribution in [0.5, 0.6) is 5.88 Å². The summed E-state index contributed by atoms with van der Waals surface area (Å²) in [6.07, 6.45) is 6.46. The first-order valence-electron chi connectivity index (χ1n) is 15.8. The number of thiophene rings is 1. The molecule has 5 atom stereocenters. The molecule has 10 nitrogen and oxygen atoms in total. The number of nitrogens with zero attached hydrogens (tertiary/aromatic N) is 7. The molecule has 0 unspecified atom stereocenters. The second kappa shape index (κ2) is 12.3. The van der Waals surface area contributed by atoms with E-state index in [1.165, 1.54) is 22.5 Å². The van der Waals surface area contributed by atoms with Crippen LogP contribution in [0.25, 0.3) is 11.5 Å². The number of piperazine rings is 1. The zero-order valence-corrected chi connectivity index (χ0v) is 28.4. The molecule has 12 heteroatoms. The molecule has 2 saturated heterocycles. The minimum absolute atomic E-state index is 0.0215. The predicted octanol–water partition coefficient (Wildman–Crippen LogP) is 5.23. The topological polar surface area (TPSA) is 124 Å². The summed E-state index contributed by atoms with van der Waals surface area (Å²) in [6, 6.07) is 6.65. The van der Waals surface area contributed by atoms with Gasteiger partial charge in [0.2, 0.25) is 11.8 Å². The molecule has 1 amide bonds. The monoisotopic (exact) mass is 646 g/mol. The van der Waals surface area contributed by atoms with Gasteiger partial charge in [-0.25, -0.2) is 4.98 Å². The van der Waals surface area contributed by atoms with Crippen LogP contribution < -0.4 is 15.4 Å². The van der Waals surface area contributed by atoms with Crippen LogP contribution in [0.2, 0.25) is 0 Å². The summed E-state index contributed by atoms with van der Waals surface area (Å²) in [5.74, 6) is 1.72. The first-order valence-corrected chi connectivity index (χ1v) is 17.4. The summed E-state index contributed by atoms with van der Waals surface area (Å²) in [4.78, 5) is 31.3. The zero-order chi connectivity index (χ0) is 32.0. The zero-order valence-electron chi connectivity index (χ0n) is 26.7. The molecule has 0 saturated carbocycles. The van der Waals surface area contributed by atoms with Crippen molar-refractivity contribution in [2.24, 2.45) is 0 Å². The number of fused-ring (bicyclic) bond motifs is 1. The van der Waals surface area contributed by atoms with E-state index in [2.05, 4.69) is 63.3 Å². The number of hydrogen-bond donors (Lipinski definition) is 1. The highest BCUT2D eigenvalue weighted by atomic mass is 32.1. The number of hydrogen-bond acceptors (Lipinski definition) is 11. The Kier molecular flexibility index (Phi) is 8.63. The van der Waals surface area contributed by atoms with Crippen molar-refractivity contribution in [1.29, 1.82) is 5.26 Å². The van der Waals surface area contributed by atoms with Gasteiger partial charge in [0.15, 0.2) is 5.82 Å². The lowest BCUT2D eigenvalue weighted by molar-refractivity contribution is -0.130. The van der Waals surface area contributed by atoms with Gasteiger partial charge in [0.05, 0.1) is 5.56 Å². The summed E-state index contributed by atoms with van der Waals surface area (Å²) >= 11 is 2.98. The second-order valence-electron chi connectivity index (χ2n) is 13.0. The molecule has 238 valence electrons. The Balaban J connectivity index is 1.37. The van der Waals surface area contributed by atoms with Crippen LogP contribution >= 0.6 is 22.9 Å². The van der Waals surface area contributed by atoms with E-state index in [0.29, 0.717) is 47.1 Å². The Morgan fingerprint density at radius 2 is 2.02 bits per heavy atom. The van der Waals surface area contributed by atoms with Crippen molar-refractivity contribution in [1.82, 2.24) is 24.1 Å². The summed E-state index contributed by atoms with van der Waals surface area (Å²) in [7, 11) is 2.15. The molecule has 3 aromatic heterocycles. The lowest BCUT2D eigenvalue weighted by atomic mass is 9.71. The number of aromatic nitrogens is 3. The molecule has 0 bridgehead atoms. The number of carbonyl (C=O) groups excluding carboxylic acids is 1. The molecule has 3 aromatic rings. The van der Waals surface area contributed by atoms with Crippen molar-refractivity contribution in [3.05, 3.63) is 45.7 Å². The van der Waals surface area contributed by atoms with Gasteiger partial charge in [0.1, 0.15) is 28.7 Å². The minimum Gasteiger partial charge on any atom is -0.473 e. The number of rotatable bonds is 7. The van der Waals surface area contributed by atoms with Crippen LogP contribution in [0.4, 0.5) is 10.8 Å². The summed E-state index contributed by atoms with van der Waals surface area (Å²) in [6.45, 7) is 14.4. The maximum atomic E-state index is 12.6. The van der Waals surface area contributed by atoms with Gasteiger partial charge in [-0.2, -0.15) is 14.6 Å². The predicted molar refractivity (Wildman–Crippen MR) is 180 cm³/mol. The van der Waals surface area contributed by atoms with Crippen molar-refractivity contribution < 1.29 is 9.53 Å². The van der Waals surface area contributed by atoms with E-state index in [4.69, 9.17) is 24.8 Å². The molecule has 5 heterocycles. The highest BCUT2D eigenvalue weighted by Crippen LogP contribution is 2.50. The fourth-order valence-corrected chi connectivity index (χ4v) is 9.67. The number of nitriles is 1. The van der Waals surface area contributed by atoms with E-state index in [1.54, 1.807) is 11.3 Å². The number of anilines is 2. The third kappa shape index (κ3) is 5.70. The third-order valence-corrected chi connectivity index (χ3v) is 12.0. The highest BCUT2D eigenvalue weighted by molar-refractivity contribution is 7.16. The van der Waals surface area contributed by atoms with Gasteiger partial charge < -0.3 is 20.3 Å². The van der Waals surface area contributed by atoms with Crippen LogP contribution in [0.1, 0.15) is 74.3 Å². The average Bonchev–Trinajstić information content (AvgIpc) is 3.75. The molecule has 2 aliphatic heterocycles. The number of aryl methyl sites for hydroxylation is 1. The molecule has 2 N–H and O–H groups in total. The fourth-order valence-electron chi connectivity index (χ4n) is 7.58. The molecule has 0 spiro atoms. The van der Waals surface area contributed by atoms with Crippen molar-refractivity contribution in [3.63, 3.8) is 0 Å². The molecule has 6 rings (SSSR count). The van der Waals surface area contributed by atoms with Gasteiger partial charge in [-0.3, -0.25) is 9.69 Å². The van der Waals surface area contributed by atoms with Gasteiger partial charge >= 0.3 is 0 Å². The van der Waals surface area contributed by atoms with Crippen molar-refractivity contribution in [2.75, 3.05) is 37.3 Å². The van der Waals surface area contributed by atoms with E-state index in [0.717, 1.165) is 54.9 Å².